The predicted octanol–water partition coefficient (Wildman–Crippen LogP) is 3.66. The van der Waals surface area contributed by atoms with Crippen molar-refractivity contribution in [3.8, 4) is 0 Å². The van der Waals surface area contributed by atoms with Gasteiger partial charge in [0.25, 0.3) is 0 Å². The smallest absolute Gasteiger partial charge is 0.192 e. The van der Waals surface area contributed by atoms with Gasteiger partial charge in [-0.2, -0.15) is 17.8 Å². The van der Waals surface area contributed by atoms with Gasteiger partial charge < -0.3 is 0 Å². The minimum absolute atomic E-state index is 0.199. The fraction of sp³-hybridized carbons (Fsp3) is 0.625. The molecule has 0 bridgehead atoms. The van der Waals surface area contributed by atoms with Crippen LogP contribution in [0, 0.1) is 6.92 Å². The zero-order valence-corrected chi connectivity index (χ0v) is 14.3. The van der Waals surface area contributed by atoms with Crippen LogP contribution in [0.4, 0.5) is 0 Å². The Morgan fingerprint density at radius 3 is 1.95 bits per heavy atom. The Morgan fingerprint density at radius 1 is 1.00 bits per heavy atom. The Balaban J connectivity index is 2.32. The Labute approximate surface area is 128 Å². The fourth-order valence-corrected chi connectivity index (χ4v) is 4.18. The predicted molar refractivity (Wildman–Crippen MR) is 83.3 cm³/mol. The Bertz CT molecular complexity index is 587. The van der Waals surface area contributed by atoms with E-state index < -0.39 is 10.1 Å². The second-order valence-corrected chi connectivity index (χ2v) is 8.64. The van der Waals surface area contributed by atoms with Crippen LogP contribution in [-0.4, -0.2) is 24.6 Å². The molecule has 1 saturated heterocycles. The molecule has 2 rings (SSSR count). The molecule has 0 aliphatic carbocycles. The molecule has 1 aromatic carbocycles. The summed E-state index contributed by atoms with van der Waals surface area (Å²) in [6.07, 6.45) is 2.91. The van der Waals surface area contributed by atoms with Crippen molar-refractivity contribution in [2.45, 2.75) is 69.9 Å². The van der Waals surface area contributed by atoms with Crippen molar-refractivity contribution in [2.24, 2.45) is 0 Å². The van der Waals surface area contributed by atoms with Gasteiger partial charge in [-0.25, -0.2) is 0 Å². The van der Waals surface area contributed by atoms with Crippen LogP contribution < -0.4 is 0 Å². The minimum Gasteiger partial charge on any atom is -0.192 e. The molecule has 5 heteroatoms. The lowest BCUT2D eigenvalue weighted by Crippen LogP contribution is -2.58. The third kappa shape index (κ3) is 3.47. The molecule has 0 saturated carbocycles. The van der Waals surface area contributed by atoms with E-state index in [1.54, 1.807) is 29.3 Å². The van der Waals surface area contributed by atoms with E-state index in [0.717, 1.165) is 24.8 Å². The quantitative estimate of drug-likeness (QED) is 0.854. The molecule has 1 aliphatic heterocycles. The molecule has 1 aliphatic rings. The number of aryl methyl sites for hydroxylation is 1. The second-order valence-electron chi connectivity index (χ2n) is 7.11. The molecule has 118 valence electrons. The van der Waals surface area contributed by atoms with Crippen LogP contribution in [0.15, 0.2) is 29.2 Å². The number of benzene rings is 1. The molecular formula is C16H25NO3S. The van der Waals surface area contributed by atoms with Gasteiger partial charge in [0.15, 0.2) is 0 Å². The largest absolute Gasteiger partial charge is 0.313 e. The van der Waals surface area contributed by atoms with E-state index in [2.05, 4.69) is 0 Å². The second kappa shape index (κ2) is 5.38. The topological polar surface area (TPSA) is 46.6 Å². The molecule has 0 radical (unpaired) electrons. The molecule has 1 fully saturated rings. The van der Waals surface area contributed by atoms with Gasteiger partial charge in [-0.05, 0) is 66.0 Å². The SMILES string of the molecule is Cc1ccc(S(=O)(=O)ON2C(C)(C)CCCC2(C)C)cc1. The minimum atomic E-state index is -3.79. The lowest BCUT2D eigenvalue weighted by Gasteiger charge is -2.50. The number of hydrogen-bond donors (Lipinski definition) is 0. The maximum absolute atomic E-state index is 12.5. The molecule has 0 unspecified atom stereocenters. The van der Waals surface area contributed by atoms with Crippen LogP contribution in [0.5, 0.6) is 0 Å². The Morgan fingerprint density at radius 2 is 1.48 bits per heavy atom. The van der Waals surface area contributed by atoms with Gasteiger partial charge >= 0.3 is 10.1 Å². The molecular weight excluding hydrogens is 286 g/mol. The average molecular weight is 311 g/mol. The van der Waals surface area contributed by atoms with E-state index in [9.17, 15) is 8.42 Å². The zero-order valence-electron chi connectivity index (χ0n) is 13.5. The average Bonchev–Trinajstić information content (AvgIpc) is 2.34. The maximum atomic E-state index is 12.5. The Kier molecular flexibility index (Phi) is 4.21. The molecule has 4 nitrogen and oxygen atoms in total. The van der Waals surface area contributed by atoms with E-state index in [-0.39, 0.29) is 16.0 Å². The zero-order chi connectivity index (χ0) is 15.9. The lowest BCUT2D eigenvalue weighted by molar-refractivity contribution is -0.213. The summed E-state index contributed by atoms with van der Waals surface area (Å²) >= 11 is 0. The maximum Gasteiger partial charge on any atom is 0.313 e. The summed E-state index contributed by atoms with van der Waals surface area (Å²) in [5.41, 5.74) is 0.409. The highest BCUT2D eigenvalue weighted by Crippen LogP contribution is 2.39. The highest BCUT2D eigenvalue weighted by molar-refractivity contribution is 7.86. The van der Waals surface area contributed by atoms with E-state index >= 15 is 0 Å². The summed E-state index contributed by atoms with van der Waals surface area (Å²) in [5.74, 6) is 0. The normalized spacial score (nSPS) is 22.1. The van der Waals surface area contributed by atoms with Crippen molar-refractivity contribution < 1.29 is 12.7 Å². The van der Waals surface area contributed by atoms with E-state index in [1.165, 1.54) is 0 Å². The highest BCUT2D eigenvalue weighted by Gasteiger charge is 2.45. The molecule has 1 aromatic rings. The standard InChI is InChI=1S/C16H25NO3S/c1-13-7-9-14(10-8-13)21(18,19)20-17-15(2,3)11-6-12-16(17,4)5/h7-10H,6,11-12H2,1-5H3. The van der Waals surface area contributed by atoms with Crippen LogP contribution in [0.2, 0.25) is 0 Å². The number of hydroxylamine groups is 2. The summed E-state index contributed by atoms with van der Waals surface area (Å²) in [6, 6.07) is 6.74. The van der Waals surface area contributed by atoms with Gasteiger partial charge in [0, 0.05) is 11.1 Å². The van der Waals surface area contributed by atoms with Gasteiger partial charge in [0.1, 0.15) is 0 Å². The first-order valence-electron chi connectivity index (χ1n) is 7.36. The van der Waals surface area contributed by atoms with Gasteiger partial charge in [0.05, 0.1) is 4.90 Å². The Hall–Kier alpha value is -0.910. The first-order valence-corrected chi connectivity index (χ1v) is 8.77. The van der Waals surface area contributed by atoms with Crippen LogP contribution in [0.25, 0.3) is 0 Å². The van der Waals surface area contributed by atoms with Gasteiger partial charge in [0.2, 0.25) is 0 Å². The fourth-order valence-electron chi connectivity index (χ4n) is 3.02. The molecule has 21 heavy (non-hydrogen) atoms. The van der Waals surface area contributed by atoms with Crippen molar-refractivity contribution in [1.82, 2.24) is 5.06 Å². The summed E-state index contributed by atoms with van der Waals surface area (Å²) < 4.78 is 30.6. The number of rotatable bonds is 3. The molecule has 1 heterocycles. The molecule has 0 N–H and O–H groups in total. The van der Waals surface area contributed by atoms with E-state index in [4.69, 9.17) is 4.28 Å². The van der Waals surface area contributed by atoms with Crippen molar-refractivity contribution in [3.05, 3.63) is 29.8 Å². The van der Waals surface area contributed by atoms with Crippen molar-refractivity contribution in [3.63, 3.8) is 0 Å². The number of hydrogen-bond acceptors (Lipinski definition) is 4. The van der Waals surface area contributed by atoms with Gasteiger partial charge in [-0.15, -0.1) is 0 Å². The molecule has 0 spiro atoms. The van der Waals surface area contributed by atoms with Crippen LogP contribution in [0.1, 0.15) is 52.5 Å². The van der Waals surface area contributed by atoms with Crippen molar-refractivity contribution in [2.75, 3.05) is 0 Å². The molecule has 0 aromatic heterocycles. The first kappa shape index (κ1) is 16.5. The van der Waals surface area contributed by atoms with E-state index in [1.807, 2.05) is 34.6 Å². The summed E-state index contributed by atoms with van der Waals surface area (Å²) in [6.45, 7) is 10.0. The van der Waals surface area contributed by atoms with Crippen LogP contribution in [-0.2, 0) is 14.4 Å². The number of nitrogens with zero attached hydrogens (tertiary/aromatic N) is 1. The van der Waals surface area contributed by atoms with Crippen molar-refractivity contribution >= 4 is 10.1 Å². The van der Waals surface area contributed by atoms with Crippen LogP contribution in [0.3, 0.4) is 0 Å². The number of piperidine rings is 1. The molecule has 0 amide bonds. The summed E-state index contributed by atoms with van der Waals surface area (Å²) in [7, 11) is -3.79. The van der Waals surface area contributed by atoms with Gasteiger partial charge in [-0.1, -0.05) is 17.7 Å². The molecule has 0 atom stereocenters. The third-order valence-corrected chi connectivity index (χ3v) is 5.35. The lowest BCUT2D eigenvalue weighted by atomic mass is 9.82. The van der Waals surface area contributed by atoms with E-state index in [0.29, 0.717) is 0 Å². The van der Waals surface area contributed by atoms with Crippen LogP contribution >= 0.6 is 0 Å². The van der Waals surface area contributed by atoms with Gasteiger partial charge in [-0.3, -0.25) is 0 Å². The summed E-state index contributed by atoms with van der Waals surface area (Å²) in [5, 5.41) is 1.67. The first-order chi connectivity index (χ1) is 9.55. The van der Waals surface area contributed by atoms with Crippen molar-refractivity contribution in [1.29, 1.82) is 0 Å². The summed E-state index contributed by atoms with van der Waals surface area (Å²) in [4.78, 5) is 0.199. The highest BCUT2D eigenvalue weighted by atomic mass is 32.2. The monoisotopic (exact) mass is 311 g/mol. The third-order valence-electron chi connectivity index (χ3n) is 4.16.